The Morgan fingerprint density at radius 1 is 1.17 bits per heavy atom. The van der Waals surface area contributed by atoms with E-state index in [2.05, 4.69) is 22.7 Å². The van der Waals surface area contributed by atoms with Gasteiger partial charge in [-0.2, -0.15) is 5.10 Å². The second kappa shape index (κ2) is 8.49. The molecule has 2 unspecified atom stereocenters. The first-order chi connectivity index (χ1) is 14.2. The van der Waals surface area contributed by atoms with E-state index in [1.807, 2.05) is 65.3 Å². The molecule has 2 N–H and O–H groups in total. The number of carbonyl (C=O) groups is 1. The molecule has 1 fully saturated rings. The minimum absolute atomic E-state index is 0.131. The van der Waals surface area contributed by atoms with Crippen molar-refractivity contribution in [2.75, 3.05) is 20.2 Å². The standard InChI is InChI=1S/C23H26N4O2/c1-16-15-24-13-12-20(16)25-23(28)21-14-22(17-8-10-19(29-2)11-9-17)27(26-21)18-6-4-3-5-7-18/h3-11,14,16,20,24H,12-13,15H2,1-2H3,(H,25,28). The van der Waals surface area contributed by atoms with E-state index >= 15 is 0 Å². The van der Waals surface area contributed by atoms with Crippen molar-refractivity contribution in [1.82, 2.24) is 20.4 Å². The monoisotopic (exact) mass is 390 g/mol. The highest BCUT2D eigenvalue weighted by atomic mass is 16.5. The second-order valence-electron chi connectivity index (χ2n) is 7.44. The van der Waals surface area contributed by atoms with Crippen LogP contribution in [0.25, 0.3) is 16.9 Å². The summed E-state index contributed by atoms with van der Waals surface area (Å²) in [5, 5.41) is 11.2. The number of methoxy groups -OCH3 is 1. The Bertz CT molecular complexity index is 966. The van der Waals surface area contributed by atoms with Gasteiger partial charge < -0.3 is 15.4 Å². The summed E-state index contributed by atoms with van der Waals surface area (Å²) in [6.45, 7) is 3.99. The van der Waals surface area contributed by atoms with E-state index in [9.17, 15) is 4.79 Å². The molecule has 1 aromatic heterocycles. The Labute approximate surface area is 170 Å². The number of aromatic nitrogens is 2. The molecule has 0 saturated carbocycles. The highest BCUT2D eigenvalue weighted by Gasteiger charge is 2.25. The van der Waals surface area contributed by atoms with E-state index < -0.39 is 0 Å². The average molecular weight is 390 g/mol. The topological polar surface area (TPSA) is 68.2 Å². The lowest BCUT2D eigenvalue weighted by Crippen LogP contribution is -2.48. The minimum Gasteiger partial charge on any atom is -0.497 e. The summed E-state index contributed by atoms with van der Waals surface area (Å²) in [6.07, 6.45) is 0.928. The molecule has 1 aliphatic rings. The van der Waals surface area contributed by atoms with Gasteiger partial charge >= 0.3 is 0 Å². The summed E-state index contributed by atoms with van der Waals surface area (Å²) >= 11 is 0. The number of nitrogens with zero attached hydrogens (tertiary/aromatic N) is 2. The van der Waals surface area contributed by atoms with Gasteiger partial charge in [0.25, 0.3) is 5.91 Å². The Hall–Kier alpha value is -3.12. The first kappa shape index (κ1) is 19.2. The smallest absolute Gasteiger partial charge is 0.272 e. The van der Waals surface area contributed by atoms with Crippen LogP contribution in [0.4, 0.5) is 0 Å². The summed E-state index contributed by atoms with van der Waals surface area (Å²) in [5.74, 6) is 1.05. The molecule has 2 atom stereocenters. The Kier molecular flexibility index (Phi) is 5.62. The largest absolute Gasteiger partial charge is 0.497 e. The number of hydrogen-bond acceptors (Lipinski definition) is 4. The number of para-hydroxylation sites is 1. The molecular weight excluding hydrogens is 364 g/mol. The van der Waals surface area contributed by atoms with Crippen LogP contribution in [0.1, 0.15) is 23.8 Å². The number of benzene rings is 2. The fraction of sp³-hybridized carbons (Fsp3) is 0.304. The van der Waals surface area contributed by atoms with Crippen molar-refractivity contribution in [1.29, 1.82) is 0 Å². The fourth-order valence-electron chi connectivity index (χ4n) is 3.70. The minimum atomic E-state index is -0.131. The zero-order valence-electron chi connectivity index (χ0n) is 16.8. The third kappa shape index (κ3) is 4.17. The highest BCUT2D eigenvalue weighted by Crippen LogP contribution is 2.26. The fourth-order valence-corrected chi connectivity index (χ4v) is 3.70. The maximum absolute atomic E-state index is 13.0. The van der Waals surface area contributed by atoms with E-state index in [0.29, 0.717) is 11.6 Å². The third-order valence-electron chi connectivity index (χ3n) is 5.43. The van der Waals surface area contributed by atoms with Crippen LogP contribution in [0, 0.1) is 5.92 Å². The van der Waals surface area contributed by atoms with E-state index in [0.717, 1.165) is 42.2 Å². The highest BCUT2D eigenvalue weighted by molar-refractivity contribution is 5.93. The van der Waals surface area contributed by atoms with E-state index in [1.165, 1.54) is 0 Å². The number of hydrogen-bond donors (Lipinski definition) is 2. The van der Waals surface area contributed by atoms with Gasteiger partial charge in [0.15, 0.2) is 5.69 Å². The predicted octanol–water partition coefficient (Wildman–Crippen LogP) is 3.28. The molecule has 4 rings (SSSR count). The van der Waals surface area contributed by atoms with Crippen LogP contribution in [0.15, 0.2) is 60.7 Å². The molecule has 0 bridgehead atoms. The molecule has 6 nitrogen and oxygen atoms in total. The van der Waals surface area contributed by atoms with Gasteiger partial charge in [-0.05, 0) is 67.9 Å². The number of piperidine rings is 1. The van der Waals surface area contributed by atoms with E-state index in [1.54, 1.807) is 7.11 Å². The molecule has 1 saturated heterocycles. The average Bonchev–Trinajstić information content (AvgIpc) is 3.22. The van der Waals surface area contributed by atoms with Crippen LogP contribution in [-0.2, 0) is 0 Å². The van der Waals surface area contributed by atoms with Gasteiger partial charge in [-0.1, -0.05) is 25.1 Å². The Balaban J connectivity index is 1.68. The number of ether oxygens (including phenoxy) is 1. The molecule has 0 aliphatic carbocycles. The van der Waals surface area contributed by atoms with Gasteiger partial charge in [-0.25, -0.2) is 4.68 Å². The molecule has 0 spiro atoms. The van der Waals surface area contributed by atoms with Crippen molar-refractivity contribution in [2.24, 2.45) is 5.92 Å². The lowest BCUT2D eigenvalue weighted by molar-refractivity contribution is 0.0908. The lowest BCUT2D eigenvalue weighted by Gasteiger charge is -2.29. The SMILES string of the molecule is COc1ccc(-c2cc(C(=O)NC3CCNCC3C)nn2-c2ccccc2)cc1. The van der Waals surface area contributed by atoms with Crippen LogP contribution in [0.3, 0.4) is 0 Å². The molecule has 0 radical (unpaired) electrons. The maximum atomic E-state index is 13.0. The van der Waals surface area contributed by atoms with Crippen molar-refractivity contribution in [2.45, 2.75) is 19.4 Å². The number of rotatable bonds is 5. The van der Waals surface area contributed by atoms with Crippen LogP contribution in [-0.4, -0.2) is 41.9 Å². The predicted molar refractivity (Wildman–Crippen MR) is 113 cm³/mol. The third-order valence-corrected chi connectivity index (χ3v) is 5.43. The van der Waals surface area contributed by atoms with Gasteiger partial charge in [0.2, 0.25) is 0 Å². The number of nitrogens with one attached hydrogen (secondary N) is 2. The molecule has 3 aromatic rings. The van der Waals surface area contributed by atoms with Crippen molar-refractivity contribution < 1.29 is 9.53 Å². The molecule has 1 aliphatic heterocycles. The normalized spacial score (nSPS) is 19.0. The van der Waals surface area contributed by atoms with Crippen molar-refractivity contribution >= 4 is 5.91 Å². The van der Waals surface area contributed by atoms with Crippen LogP contribution in [0.5, 0.6) is 5.75 Å². The zero-order valence-corrected chi connectivity index (χ0v) is 16.8. The number of carbonyl (C=O) groups excluding carboxylic acids is 1. The van der Waals surface area contributed by atoms with Gasteiger partial charge in [-0.3, -0.25) is 4.79 Å². The van der Waals surface area contributed by atoms with Crippen molar-refractivity contribution in [3.05, 3.63) is 66.4 Å². The lowest BCUT2D eigenvalue weighted by atomic mass is 9.95. The summed E-state index contributed by atoms with van der Waals surface area (Å²) in [6, 6.07) is 19.7. The van der Waals surface area contributed by atoms with Gasteiger partial charge in [0.05, 0.1) is 18.5 Å². The molecule has 150 valence electrons. The summed E-state index contributed by atoms with van der Waals surface area (Å²) < 4.78 is 7.09. The van der Waals surface area contributed by atoms with Crippen LogP contribution in [0.2, 0.25) is 0 Å². The Morgan fingerprint density at radius 2 is 1.93 bits per heavy atom. The molecule has 2 aromatic carbocycles. The van der Waals surface area contributed by atoms with Crippen LogP contribution < -0.4 is 15.4 Å². The maximum Gasteiger partial charge on any atom is 0.272 e. The first-order valence-corrected chi connectivity index (χ1v) is 9.97. The molecular formula is C23H26N4O2. The van der Waals surface area contributed by atoms with E-state index in [-0.39, 0.29) is 11.9 Å². The summed E-state index contributed by atoms with van der Waals surface area (Å²) in [5.41, 5.74) is 3.16. The van der Waals surface area contributed by atoms with Crippen LogP contribution >= 0.6 is 0 Å². The van der Waals surface area contributed by atoms with Crippen molar-refractivity contribution in [3.8, 4) is 22.7 Å². The second-order valence-corrected chi connectivity index (χ2v) is 7.44. The quantitative estimate of drug-likeness (QED) is 0.702. The van der Waals surface area contributed by atoms with Gasteiger partial charge in [-0.15, -0.1) is 0 Å². The molecule has 1 amide bonds. The zero-order chi connectivity index (χ0) is 20.2. The first-order valence-electron chi connectivity index (χ1n) is 9.97. The Morgan fingerprint density at radius 3 is 2.62 bits per heavy atom. The summed E-state index contributed by atoms with van der Waals surface area (Å²) in [4.78, 5) is 13.0. The van der Waals surface area contributed by atoms with Crippen molar-refractivity contribution in [3.63, 3.8) is 0 Å². The van der Waals surface area contributed by atoms with Gasteiger partial charge in [0.1, 0.15) is 5.75 Å². The molecule has 29 heavy (non-hydrogen) atoms. The molecule has 6 heteroatoms. The summed E-state index contributed by atoms with van der Waals surface area (Å²) in [7, 11) is 1.65. The van der Waals surface area contributed by atoms with E-state index in [4.69, 9.17) is 4.74 Å². The molecule has 2 heterocycles. The number of amides is 1. The van der Waals surface area contributed by atoms with Gasteiger partial charge in [0, 0.05) is 11.6 Å².